The summed E-state index contributed by atoms with van der Waals surface area (Å²) in [5.74, 6) is -0.0960. The molecule has 0 N–H and O–H groups in total. The van der Waals surface area contributed by atoms with Crippen molar-refractivity contribution in [1.29, 1.82) is 0 Å². The number of hydrogen-bond donors (Lipinski definition) is 0. The fraction of sp³-hybridized carbons (Fsp3) is 0.273. The first-order valence-electron chi connectivity index (χ1n) is 5.06. The molecule has 0 atom stereocenters. The van der Waals surface area contributed by atoms with Crippen molar-refractivity contribution in [2.75, 3.05) is 5.75 Å². The van der Waals surface area contributed by atoms with Gasteiger partial charge in [-0.1, -0.05) is 25.6 Å². The van der Waals surface area contributed by atoms with Gasteiger partial charge in [0.05, 0.1) is 10.7 Å². The Balaban J connectivity index is 3.44. The first-order valence-corrected chi connectivity index (χ1v) is 6.71. The largest absolute Gasteiger partial charge is 0.288 e. The van der Waals surface area contributed by atoms with Crippen LogP contribution in [0.5, 0.6) is 0 Å². The monoisotopic (exact) mass is 255 g/mol. The highest BCUT2D eigenvalue weighted by atomic mass is 32.2. The SMILES string of the molecule is C=Cc1ccc(S(=O)(=O)CCC)c([N+](=O)[O-])c1. The summed E-state index contributed by atoms with van der Waals surface area (Å²) in [5.41, 5.74) is 0.128. The van der Waals surface area contributed by atoms with Crippen LogP contribution in [0.2, 0.25) is 0 Å². The highest BCUT2D eigenvalue weighted by Gasteiger charge is 2.24. The Labute approximate surface area is 99.8 Å². The predicted octanol–water partition coefficient (Wildman–Crippen LogP) is 2.42. The van der Waals surface area contributed by atoms with Crippen LogP contribution in [0.1, 0.15) is 18.9 Å². The number of nitro benzene ring substituents is 1. The number of nitro groups is 1. The highest BCUT2D eigenvalue weighted by Crippen LogP contribution is 2.26. The van der Waals surface area contributed by atoms with Gasteiger partial charge in [0.2, 0.25) is 0 Å². The van der Waals surface area contributed by atoms with Crippen molar-refractivity contribution >= 4 is 21.6 Å². The minimum Gasteiger partial charge on any atom is -0.258 e. The Bertz CT molecular complexity index is 549. The summed E-state index contributed by atoms with van der Waals surface area (Å²) in [4.78, 5) is 9.94. The second-order valence-corrected chi connectivity index (χ2v) is 5.58. The van der Waals surface area contributed by atoms with E-state index >= 15 is 0 Å². The van der Waals surface area contributed by atoms with Gasteiger partial charge in [-0.25, -0.2) is 8.42 Å². The van der Waals surface area contributed by atoms with E-state index in [0.717, 1.165) is 0 Å². The predicted molar refractivity (Wildman–Crippen MR) is 65.5 cm³/mol. The molecule has 0 aliphatic heterocycles. The molecule has 17 heavy (non-hydrogen) atoms. The first-order chi connectivity index (χ1) is 7.92. The second kappa shape index (κ2) is 5.09. The minimum absolute atomic E-state index is 0.0960. The third kappa shape index (κ3) is 2.91. The van der Waals surface area contributed by atoms with Crippen LogP contribution in [0, 0.1) is 10.1 Å². The average molecular weight is 255 g/mol. The molecule has 0 saturated heterocycles. The molecule has 0 bridgehead atoms. The molecule has 0 fully saturated rings. The van der Waals surface area contributed by atoms with E-state index in [-0.39, 0.29) is 10.6 Å². The molecule has 5 nitrogen and oxygen atoms in total. The smallest absolute Gasteiger partial charge is 0.258 e. The van der Waals surface area contributed by atoms with Gasteiger partial charge in [0.1, 0.15) is 4.90 Å². The fourth-order valence-electron chi connectivity index (χ4n) is 1.45. The van der Waals surface area contributed by atoms with Gasteiger partial charge in [-0.3, -0.25) is 10.1 Å². The van der Waals surface area contributed by atoms with E-state index in [2.05, 4.69) is 6.58 Å². The second-order valence-electron chi connectivity index (χ2n) is 3.51. The molecule has 0 unspecified atom stereocenters. The van der Waals surface area contributed by atoms with Crippen LogP contribution >= 0.6 is 0 Å². The van der Waals surface area contributed by atoms with Crippen molar-refractivity contribution < 1.29 is 13.3 Å². The van der Waals surface area contributed by atoms with Crippen LogP contribution in [0.15, 0.2) is 29.7 Å². The molecule has 0 aliphatic carbocycles. The van der Waals surface area contributed by atoms with E-state index < -0.39 is 20.4 Å². The Morgan fingerprint density at radius 3 is 2.59 bits per heavy atom. The molecular weight excluding hydrogens is 242 g/mol. The van der Waals surface area contributed by atoms with Crippen LogP contribution < -0.4 is 0 Å². The first kappa shape index (κ1) is 13.4. The van der Waals surface area contributed by atoms with Crippen LogP contribution in [-0.2, 0) is 9.84 Å². The van der Waals surface area contributed by atoms with Gasteiger partial charge >= 0.3 is 0 Å². The maximum Gasteiger partial charge on any atom is 0.288 e. The summed E-state index contributed by atoms with van der Waals surface area (Å²) in [7, 11) is -3.59. The molecule has 1 aromatic rings. The van der Waals surface area contributed by atoms with Crippen molar-refractivity contribution in [3.63, 3.8) is 0 Å². The highest BCUT2D eigenvalue weighted by molar-refractivity contribution is 7.91. The number of nitrogens with zero attached hydrogens (tertiary/aromatic N) is 1. The van der Waals surface area contributed by atoms with Crippen LogP contribution in [0.3, 0.4) is 0 Å². The number of hydrogen-bond acceptors (Lipinski definition) is 4. The van der Waals surface area contributed by atoms with Gasteiger partial charge in [-0.2, -0.15) is 0 Å². The van der Waals surface area contributed by atoms with Gasteiger partial charge in [0.25, 0.3) is 5.69 Å². The van der Waals surface area contributed by atoms with Gasteiger partial charge in [-0.05, 0) is 18.1 Å². The van der Waals surface area contributed by atoms with Crippen molar-refractivity contribution in [2.45, 2.75) is 18.2 Å². The van der Waals surface area contributed by atoms with E-state index in [1.54, 1.807) is 6.92 Å². The Morgan fingerprint density at radius 1 is 1.47 bits per heavy atom. The quantitative estimate of drug-likeness (QED) is 0.598. The van der Waals surface area contributed by atoms with Crippen molar-refractivity contribution in [3.05, 3.63) is 40.5 Å². The summed E-state index contributed by atoms with van der Waals surface area (Å²) in [5, 5.41) is 10.8. The van der Waals surface area contributed by atoms with E-state index in [9.17, 15) is 18.5 Å². The molecule has 92 valence electrons. The number of sulfone groups is 1. The van der Waals surface area contributed by atoms with Gasteiger partial charge in [0, 0.05) is 6.07 Å². The molecule has 1 rings (SSSR count). The normalized spacial score (nSPS) is 11.1. The lowest BCUT2D eigenvalue weighted by Crippen LogP contribution is -2.08. The van der Waals surface area contributed by atoms with Crippen molar-refractivity contribution in [1.82, 2.24) is 0 Å². The molecule has 0 aromatic heterocycles. The van der Waals surface area contributed by atoms with Crippen molar-refractivity contribution in [2.24, 2.45) is 0 Å². The number of rotatable bonds is 5. The lowest BCUT2D eigenvalue weighted by atomic mass is 10.2. The molecular formula is C11H13NO4S. The van der Waals surface area contributed by atoms with E-state index in [0.29, 0.717) is 12.0 Å². The Hall–Kier alpha value is -1.69. The fourth-order valence-corrected chi connectivity index (χ4v) is 2.93. The lowest BCUT2D eigenvalue weighted by Gasteiger charge is -2.04. The molecule has 0 aliphatic rings. The number of benzene rings is 1. The zero-order valence-electron chi connectivity index (χ0n) is 9.42. The third-order valence-electron chi connectivity index (χ3n) is 2.22. The summed E-state index contributed by atoms with van der Waals surface area (Å²) in [6, 6.07) is 3.98. The molecule has 1 aromatic carbocycles. The average Bonchev–Trinajstić information content (AvgIpc) is 2.28. The van der Waals surface area contributed by atoms with E-state index in [4.69, 9.17) is 0 Å². The van der Waals surface area contributed by atoms with Gasteiger partial charge in [0.15, 0.2) is 9.84 Å². The van der Waals surface area contributed by atoms with Crippen LogP contribution in [-0.4, -0.2) is 19.1 Å². The third-order valence-corrected chi connectivity index (χ3v) is 4.18. The summed E-state index contributed by atoms with van der Waals surface area (Å²) in [6.45, 7) is 5.20. The summed E-state index contributed by atoms with van der Waals surface area (Å²) >= 11 is 0. The molecule has 0 spiro atoms. The Kier molecular flexibility index (Phi) is 4.01. The molecule has 0 saturated carbocycles. The van der Waals surface area contributed by atoms with Gasteiger partial charge < -0.3 is 0 Å². The maximum absolute atomic E-state index is 11.8. The lowest BCUT2D eigenvalue weighted by molar-refractivity contribution is -0.387. The zero-order chi connectivity index (χ0) is 13.1. The molecule has 6 heteroatoms. The molecule has 0 heterocycles. The summed E-state index contributed by atoms with van der Waals surface area (Å²) in [6.07, 6.45) is 1.85. The molecule has 0 amide bonds. The standard InChI is InChI=1S/C11H13NO4S/c1-3-7-17(15,16)11-6-5-9(4-2)8-10(11)12(13)14/h4-6,8H,2-3,7H2,1H3. The van der Waals surface area contributed by atoms with E-state index in [1.165, 1.54) is 24.3 Å². The van der Waals surface area contributed by atoms with Crippen molar-refractivity contribution in [3.8, 4) is 0 Å². The zero-order valence-corrected chi connectivity index (χ0v) is 10.2. The molecule has 0 radical (unpaired) electrons. The summed E-state index contributed by atoms with van der Waals surface area (Å²) < 4.78 is 23.7. The van der Waals surface area contributed by atoms with E-state index in [1.807, 2.05) is 0 Å². The Morgan fingerprint density at radius 2 is 2.12 bits per heavy atom. The van der Waals surface area contributed by atoms with Gasteiger partial charge in [-0.15, -0.1) is 0 Å². The van der Waals surface area contributed by atoms with Crippen LogP contribution in [0.4, 0.5) is 5.69 Å². The van der Waals surface area contributed by atoms with Crippen LogP contribution in [0.25, 0.3) is 6.08 Å². The topological polar surface area (TPSA) is 77.3 Å². The maximum atomic E-state index is 11.8. The minimum atomic E-state index is -3.59.